The van der Waals surface area contributed by atoms with Crippen molar-refractivity contribution in [1.82, 2.24) is 10.6 Å². The number of ether oxygens (including phenoxy) is 1. The molecule has 144 valence electrons. The number of hydrogen-bond donors (Lipinski definition) is 2. The number of rotatable bonds is 7. The van der Waals surface area contributed by atoms with Gasteiger partial charge in [0.15, 0.2) is 6.61 Å². The summed E-state index contributed by atoms with van der Waals surface area (Å²) < 4.78 is 54.2. The summed E-state index contributed by atoms with van der Waals surface area (Å²) in [5, 5.41) is 4.99. The SMILES string of the molecule is O=C(NCCNC(=O)c1ccccc1F)c1ccc(OCC(F)(F)F)cc1. The lowest BCUT2D eigenvalue weighted by atomic mass is 10.2. The quantitative estimate of drug-likeness (QED) is 0.570. The van der Waals surface area contributed by atoms with Crippen LogP contribution >= 0.6 is 0 Å². The van der Waals surface area contributed by atoms with Crippen LogP contribution in [0.4, 0.5) is 17.6 Å². The summed E-state index contributed by atoms with van der Waals surface area (Å²) in [7, 11) is 0. The number of hydrogen-bond acceptors (Lipinski definition) is 3. The van der Waals surface area contributed by atoms with E-state index in [0.29, 0.717) is 0 Å². The molecule has 0 saturated heterocycles. The van der Waals surface area contributed by atoms with E-state index in [0.717, 1.165) is 0 Å². The maximum absolute atomic E-state index is 13.4. The normalized spacial score (nSPS) is 11.0. The second-order valence-electron chi connectivity index (χ2n) is 5.42. The van der Waals surface area contributed by atoms with Crippen LogP contribution in [0.2, 0.25) is 0 Å². The predicted octanol–water partition coefficient (Wildman–Crippen LogP) is 2.93. The van der Waals surface area contributed by atoms with Gasteiger partial charge >= 0.3 is 6.18 Å². The third-order valence-corrected chi connectivity index (χ3v) is 3.33. The third kappa shape index (κ3) is 6.61. The molecule has 0 saturated carbocycles. The smallest absolute Gasteiger partial charge is 0.422 e. The number of carbonyl (C=O) groups is 2. The highest BCUT2D eigenvalue weighted by Gasteiger charge is 2.28. The zero-order valence-electron chi connectivity index (χ0n) is 14.0. The summed E-state index contributed by atoms with van der Waals surface area (Å²) >= 11 is 0. The Bertz CT molecular complexity index is 792. The summed E-state index contributed by atoms with van der Waals surface area (Å²) in [5.74, 6) is -1.74. The van der Waals surface area contributed by atoms with E-state index < -0.39 is 30.4 Å². The van der Waals surface area contributed by atoms with Crippen molar-refractivity contribution in [3.05, 3.63) is 65.5 Å². The summed E-state index contributed by atoms with van der Waals surface area (Å²) in [6.45, 7) is -1.25. The molecule has 2 aromatic carbocycles. The van der Waals surface area contributed by atoms with Crippen LogP contribution in [-0.4, -0.2) is 37.7 Å². The maximum Gasteiger partial charge on any atom is 0.422 e. The van der Waals surface area contributed by atoms with Gasteiger partial charge in [-0.15, -0.1) is 0 Å². The van der Waals surface area contributed by atoms with E-state index in [1.165, 1.54) is 48.5 Å². The van der Waals surface area contributed by atoms with Crippen LogP contribution in [0.5, 0.6) is 5.75 Å². The second kappa shape index (κ2) is 9.02. The highest BCUT2D eigenvalue weighted by Crippen LogP contribution is 2.18. The average Bonchev–Trinajstić information content (AvgIpc) is 2.63. The van der Waals surface area contributed by atoms with Crippen molar-refractivity contribution in [3.8, 4) is 5.75 Å². The third-order valence-electron chi connectivity index (χ3n) is 3.33. The minimum absolute atomic E-state index is 0.0129. The van der Waals surface area contributed by atoms with Crippen molar-refractivity contribution in [2.24, 2.45) is 0 Å². The first-order valence-corrected chi connectivity index (χ1v) is 7.87. The van der Waals surface area contributed by atoms with Crippen molar-refractivity contribution in [3.63, 3.8) is 0 Å². The van der Waals surface area contributed by atoms with Crippen LogP contribution < -0.4 is 15.4 Å². The Morgan fingerprint density at radius 3 is 2.07 bits per heavy atom. The minimum atomic E-state index is -4.44. The molecule has 9 heteroatoms. The molecule has 2 aromatic rings. The first-order valence-electron chi connectivity index (χ1n) is 7.87. The fourth-order valence-corrected chi connectivity index (χ4v) is 2.06. The minimum Gasteiger partial charge on any atom is -0.484 e. The molecule has 0 aromatic heterocycles. The molecule has 2 rings (SSSR count). The van der Waals surface area contributed by atoms with Gasteiger partial charge in [-0.05, 0) is 36.4 Å². The number of alkyl halides is 3. The largest absolute Gasteiger partial charge is 0.484 e. The molecule has 27 heavy (non-hydrogen) atoms. The van der Waals surface area contributed by atoms with Gasteiger partial charge in [0.05, 0.1) is 5.56 Å². The molecular formula is C18H16F4N2O3. The van der Waals surface area contributed by atoms with E-state index in [-0.39, 0.29) is 30.0 Å². The van der Waals surface area contributed by atoms with Crippen molar-refractivity contribution in [1.29, 1.82) is 0 Å². The Labute approximate surface area is 152 Å². The standard InChI is InChI=1S/C18H16F4N2O3/c19-15-4-2-1-3-14(15)17(26)24-10-9-23-16(25)12-5-7-13(8-6-12)27-11-18(20,21)22/h1-8H,9-11H2,(H,23,25)(H,24,26). The maximum atomic E-state index is 13.4. The monoisotopic (exact) mass is 384 g/mol. The van der Waals surface area contributed by atoms with Gasteiger partial charge in [0, 0.05) is 18.7 Å². The molecule has 0 heterocycles. The molecule has 0 aliphatic carbocycles. The zero-order chi connectivity index (χ0) is 19.9. The Kier molecular flexibility index (Phi) is 6.75. The van der Waals surface area contributed by atoms with Crippen molar-refractivity contribution >= 4 is 11.8 Å². The molecular weight excluding hydrogens is 368 g/mol. The number of benzene rings is 2. The zero-order valence-corrected chi connectivity index (χ0v) is 14.0. The van der Waals surface area contributed by atoms with Crippen LogP contribution in [0, 0.1) is 5.82 Å². The molecule has 0 aliphatic heterocycles. The number of amides is 2. The number of halogens is 4. The molecule has 2 amide bonds. The molecule has 2 N–H and O–H groups in total. The first kappa shape index (κ1) is 20.2. The van der Waals surface area contributed by atoms with E-state index in [9.17, 15) is 27.2 Å². The average molecular weight is 384 g/mol. The predicted molar refractivity (Wildman–Crippen MR) is 89.1 cm³/mol. The molecule has 0 aliphatic rings. The van der Waals surface area contributed by atoms with Gasteiger partial charge in [0.2, 0.25) is 0 Å². The molecule has 0 spiro atoms. The van der Waals surface area contributed by atoms with Crippen LogP contribution in [-0.2, 0) is 0 Å². The van der Waals surface area contributed by atoms with Crippen molar-refractivity contribution < 1.29 is 31.9 Å². The molecule has 5 nitrogen and oxygen atoms in total. The van der Waals surface area contributed by atoms with Gasteiger partial charge in [0.25, 0.3) is 11.8 Å². The van der Waals surface area contributed by atoms with Gasteiger partial charge in [0.1, 0.15) is 11.6 Å². The second-order valence-corrected chi connectivity index (χ2v) is 5.42. The van der Waals surface area contributed by atoms with Gasteiger partial charge in [-0.2, -0.15) is 13.2 Å². The number of nitrogens with one attached hydrogen (secondary N) is 2. The van der Waals surface area contributed by atoms with Crippen molar-refractivity contribution in [2.75, 3.05) is 19.7 Å². The van der Waals surface area contributed by atoms with Gasteiger partial charge in [-0.25, -0.2) is 4.39 Å². The van der Waals surface area contributed by atoms with Gasteiger partial charge in [-0.3, -0.25) is 9.59 Å². The van der Waals surface area contributed by atoms with Crippen molar-refractivity contribution in [2.45, 2.75) is 6.18 Å². The lowest BCUT2D eigenvalue weighted by molar-refractivity contribution is -0.153. The van der Waals surface area contributed by atoms with E-state index in [1.54, 1.807) is 0 Å². The topological polar surface area (TPSA) is 67.4 Å². The summed E-state index contributed by atoms with van der Waals surface area (Å²) in [6, 6.07) is 10.6. The fourth-order valence-electron chi connectivity index (χ4n) is 2.06. The molecule has 0 atom stereocenters. The van der Waals surface area contributed by atoms with Gasteiger partial charge in [-0.1, -0.05) is 12.1 Å². The molecule has 0 radical (unpaired) electrons. The highest BCUT2D eigenvalue weighted by atomic mass is 19.4. The van der Waals surface area contributed by atoms with E-state index in [1.807, 2.05) is 0 Å². The lowest BCUT2D eigenvalue weighted by Gasteiger charge is -2.10. The van der Waals surface area contributed by atoms with E-state index in [2.05, 4.69) is 15.4 Å². The molecule has 0 fully saturated rings. The Morgan fingerprint density at radius 1 is 0.889 bits per heavy atom. The Balaban J connectivity index is 1.75. The Hall–Kier alpha value is -3.10. The van der Waals surface area contributed by atoms with E-state index in [4.69, 9.17) is 0 Å². The summed E-state index contributed by atoms with van der Waals surface area (Å²) in [5.41, 5.74) is 0.119. The number of carbonyl (C=O) groups excluding carboxylic acids is 2. The molecule has 0 bridgehead atoms. The van der Waals surface area contributed by atoms with Crippen LogP contribution in [0.15, 0.2) is 48.5 Å². The lowest BCUT2D eigenvalue weighted by Crippen LogP contribution is -2.35. The fraction of sp³-hybridized carbons (Fsp3) is 0.222. The Morgan fingerprint density at radius 2 is 1.48 bits per heavy atom. The molecule has 0 unspecified atom stereocenters. The van der Waals surface area contributed by atoms with E-state index >= 15 is 0 Å². The summed E-state index contributed by atoms with van der Waals surface area (Å²) in [4.78, 5) is 23.7. The summed E-state index contributed by atoms with van der Waals surface area (Å²) in [6.07, 6.45) is -4.44. The van der Waals surface area contributed by atoms with Crippen LogP contribution in [0.3, 0.4) is 0 Å². The van der Waals surface area contributed by atoms with Gasteiger partial charge < -0.3 is 15.4 Å². The van der Waals surface area contributed by atoms with Crippen LogP contribution in [0.1, 0.15) is 20.7 Å². The highest BCUT2D eigenvalue weighted by molar-refractivity contribution is 5.95. The first-order chi connectivity index (χ1) is 12.8. The van der Waals surface area contributed by atoms with Crippen LogP contribution in [0.25, 0.3) is 0 Å².